The van der Waals surface area contributed by atoms with E-state index in [2.05, 4.69) is 17.0 Å². The molecule has 116 valence electrons. The maximum Gasteiger partial charge on any atom is 0.240 e. The summed E-state index contributed by atoms with van der Waals surface area (Å²) in [6.07, 6.45) is 1.71. The average molecular weight is 310 g/mol. The highest BCUT2D eigenvalue weighted by Gasteiger charge is 2.28. The summed E-state index contributed by atoms with van der Waals surface area (Å²) >= 11 is 0. The summed E-state index contributed by atoms with van der Waals surface area (Å²) in [5.74, 6) is 1.10. The second-order valence-electron chi connectivity index (χ2n) is 6.10. The molecule has 2 aliphatic heterocycles. The van der Waals surface area contributed by atoms with E-state index in [1.54, 1.807) is 18.2 Å². The molecule has 2 N–H and O–H groups in total. The molecule has 0 spiro atoms. The summed E-state index contributed by atoms with van der Waals surface area (Å²) in [5, 5.41) is 3.28. The molecule has 0 bridgehead atoms. The van der Waals surface area contributed by atoms with Gasteiger partial charge in [-0.3, -0.25) is 0 Å². The molecule has 6 heteroatoms. The molecule has 3 unspecified atom stereocenters. The molecule has 3 rings (SSSR count). The SMILES string of the molecule is CC1Cc2cc(S(=O)(=O)NC3CCNCC3C)ccc2O1. The van der Waals surface area contributed by atoms with Crippen LogP contribution in [-0.2, 0) is 16.4 Å². The Labute approximate surface area is 126 Å². The van der Waals surface area contributed by atoms with E-state index >= 15 is 0 Å². The average Bonchev–Trinajstić information content (AvgIpc) is 2.80. The fraction of sp³-hybridized carbons (Fsp3) is 0.600. The zero-order valence-electron chi connectivity index (χ0n) is 12.4. The molecule has 0 radical (unpaired) electrons. The van der Waals surface area contributed by atoms with Gasteiger partial charge in [0.1, 0.15) is 11.9 Å². The van der Waals surface area contributed by atoms with Crippen molar-refractivity contribution in [1.82, 2.24) is 10.0 Å². The Bertz CT molecular complexity index is 630. The Morgan fingerprint density at radius 2 is 2.14 bits per heavy atom. The Kier molecular flexibility index (Phi) is 3.94. The van der Waals surface area contributed by atoms with E-state index in [9.17, 15) is 8.42 Å². The van der Waals surface area contributed by atoms with Crippen LogP contribution in [0.15, 0.2) is 23.1 Å². The lowest BCUT2D eigenvalue weighted by molar-refractivity contribution is 0.254. The van der Waals surface area contributed by atoms with Crippen molar-refractivity contribution in [2.75, 3.05) is 13.1 Å². The largest absolute Gasteiger partial charge is 0.490 e. The highest BCUT2D eigenvalue weighted by atomic mass is 32.2. The first-order valence-electron chi connectivity index (χ1n) is 7.48. The summed E-state index contributed by atoms with van der Waals surface area (Å²) < 4.78 is 33.6. The predicted octanol–water partition coefficient (Wildman–Crippen LogP) is 1.29. The van der Waals surface area contributed by atoms with Crippen molar-refractivity contribution in [2.45, 2.75) is 43.7 Å². The molecule has 1 fully saturated rings. The van der Waals surface area contributed by atoms with Crippen molar-refractivity contribution < 1.29 is 13.2 Å². The van der Waals surface area contributed by atoms with Crippen LogP contribution in [-0.4, -0.2) is 33.7 Å². The molecular weight excluding hydrogens is 288 g/mol. The first-order chi connectivity index (χ1) is 9.95. The van der Waals surface area contributed by atoms with Crippen LogP contribution in [0.1, 0.15) is 25.8 Å². The van der Waals surface area contributed by atoms with E-state index in [4.69, 9.17) is 4.74 Å². The van der Waals surface area contributed by atoms with Gasteiger partial charge >= 0.3 is 0 Å². The van der Waals surface area contributed by atoms with Crippen LogP contribution in [0, 0.1) is 5.92 Å². The minimum Gasteiger partial charge on any atom is -0.490 e. The van der Waals surface area contributed by atoms with Gasteiger partial charge in [-0.25, -0.2) is 13.1 Å². The summed E-state index contributed by atoms with van der Waals surface area (Å²) in [6.45, 7) is 5.76. The van der Waals surface area contributed by atoms with Gasteiger partial charge in [0.15, 0.2) is 0 Å². The molecule has 2 aliphatic rings. The number of hydrogen-bond donors (Lipinski definition) is 2. The molecule has 1 aromatic carbocycles. The van der Waals surface area contributed by atoms with Gasteiger partial charge in [0.2, 0.25) is 10.0 Å². The van der Waals surface area contributed by atoms with Gasteiger partial charge in [0.25, 0.3) is 0 Å². The summed E-state index contributed by atoms with van der Waals surface area (Å²) in [6, 6.07) is 5.14. The molecule has 0 amide bonds. The number of fused-ring (bicyclic) bond motifs is 1. The van der Waals surface area contributed by atoms with Crippen molar-refractivity contribution >= 4 is 10.0 Å². The van der Waals surface area contributed by atoms with Crippen LogP contribution in [0.4, 0.5) is 0 Å². The van der Waals surface area contributed by atoms with Gasteiger partial charge in [-0.1, -0.05) is 6.92 Å². The van der Waals surface area contributed by atoms with Crippen molar-refractivity contribution in [3.8, 4) is 5.75 Å². The Hall–Kier alpha value is -1.11. The second kappa shape index (κ2) is 5.59. The van der Waals surface area contributed by atoms with Crippen LogP contribution in [0.2, 0.25) is 0 Å². The Morgan fingerprint density at radius 1 is 1.33 bits per heavy atom. The van der Waals surface area contributed by atoms with Gasteiger partial charge < -0.3 is 10.1 Å². The zero-order chi connectivity index (χ0) is 15.0. The number of ether oxygens (including phenoxy) is 1. The van der Waals surface area contributed by atoms with Crippen LogP contribution in [0.25, 0.3) is 0 Å². The maximum atomic E-state index is 12.6. The van der Waals surface area contributed by atoms with E-state index in [0.29, 0.717) is 10.8 Å². The molecule has 1 aromatic rings. The van der Waals surface area contributed by atoms with Gasteiger partial charge in [0, 0.05) is 12.5 Å². The third-order valence-corrected chi connectivity index (χ3v) is 5.76. The summed E-state index contributed by atoms with van der Waals surface area (Å²) in [5.41, 5.74) is 0.976. The molecule has 3 atom stereocenters. The Morgan fingerprint density at radius 3 is 2.90 bits per heavy atom. The second-order valence-corrected chi connectivity index (χ2v) is 7.81. The number of sulfonamides is 1. The number of hydrogen-bond acceptors (Lipinski definition) is 4. The lowest BCUT2D eigenvalue weighted by Crippen LogP contribution is -2.48. The Balaban J connectivity index is 1.80. The molecule has 0 saturated carbocycles. The highest BCUT2D eigenvalue weighted by molar-refractivity contribution is 7.89. The molecule has 1 saturated heterocycles. The van der Waals surface area contributed by atoms with E-state index in [1.165, 1.54) is 0 Å². The minimum atomic E-state index is -3.47. The van der Waals surface area contributed by atoms with E-state index in [1.807, 2.05) is 6.92 Å². The monoisotopic (exact) mass is 310 g/mol. The van der Waals surface area contributed by atoms with Crippen molar-refractivity contribution in [1.29, 1.82) is 0 Å². The summed E-state index contributed by atoms with van der Waals surface area (Å²) in [4.78, 5) is 0.338. The quantitative estimate of drug-likeness (QED) is 0.883. The zero-order valence-corrected chi connectivity index (χ0v) is 13.2. The topological polar surface area (TPSA) is 67.4 Å². The molecule has 0 aliphatic carbocycles. The first kappa shape index (κ1) is 14.8. The fourth-order valence-electron chi connectivity index (χ4n) is 3.02. The normalized spacial score (nSPS) is 29.0. The van der Waals surface area contributed by atoms with Crippen molar-refractivity contribution in [2.24, 2.45) is 5.92 Å². The van der Waals surface area contributed by atoms with Crippen molar-refractivity contribution in [3.05, 3.63) is 23.8 Å². The van der Waals surface area contributed by atoms with Crippen LogP contribution < -0.4 is 14.8 Å². The van der Waals surface area contributed by atoms with Gasteiger partial charge in [-0.15, -0.1) is 0 Å². The highest BCUT2D eigenvalue weighted by Crippen LogP contribution is 2.30. The number of rotatable bonds is 3. The molecule has 0 aromatic heterocycles. The summed E-state index contributed by atoms with van der Waals surface area (Å²) in [7, 11) is -3.47. The van der Waals surface area contributed by atoms with Gasteiger partial charge in [0.05, 0.1) is 4.90 Å². The van der Waals surface area contributed by atoms with Gasteiger partial charge in [-0.05, 0) is 56.1 Å². The number of benzene rings is 1. The van der Waals surface area contributed by atoms with E-state index in [-0.39, 0.29) is 12.1 Å². The first-order valence-corrected chi connectivity index (χ1v) is 8.96. The standard InChI is InChI=1S/C15H22N2O3S/c1-10-9-16-6-5-14(10)17-21(18,19)13-3-4-15-12(8-13)7-11(2)20-15/h3-4,8,10-11,14,16-17H,5-7,9H2,1-2H3. The van der Waals surface area contributed by atoms with E-state index in [0.717, 1.165) is 37.2 Å². The van der Waals surface area contributed by atoms with Crippen LogP contribution >= 0.6 is 0 Å². The fourth-order valence-corrected chi connectivity index (χ4v) is 4.45. The predicted molar refractivity (Wildman–Crippen MR) is 81.0 cm³/mol. The lowest BCUT2D eigenvalue weighted by atomic mass is 9.97. The molecule has 21 heavy (non-hydrogen) atoms. The number of piperidine rings is 1. The van der Waals surface area contributed by atoms with E-state index < -0.39 is 10.0 Å². The smallest absolute Gasteiger partial charge is 0.240 e. The maximum absolute atomic E-state index is 12.6. The molecule has 2 heterocycles. The molecular formula is C15H22N2O3S. The van der Waals surface area contributed by atoms with Crippen LogP contribution in [0.5, 0.6) is 5.75 Å². The minimum absolute atomic E-state index is 0.000298. The van der Waals surface area contributed by atoms with Gasteiger partial charge in [-0.2, -0.15) is 0 Å². The lowest BCUT2D eigenvalue weighted by Gasteiger charge is -2.30. The molecule has 5 nitrogen and oxygen atoms in total. The third-order valence-electron chi connectivity index (χ3n) is 4.27. The third kappa shape index (κ3) is 3.07. The van der Waals surface area contributed by atoms with Crippen molar-refractivity contribution in [3.63, 3.8) is 0 Å². The van der Waals surface area contributed by atoms with Crippen LogP contribution in [0.3, 0.4) is 0 Å². The number of nitrogens with one attached hydrogen (secondary N) is 2.